The number of halogens is 1. The second-order valence-corrected chi connectivity index (χ2v) is 4.41. The summed E-state index contributed by atoms with van der Waals surface area (Å²) in [7, 11) is 3.08. The van der Waals surface area contributed by atoms with Crippen molar-refractivity contribution in [3.05, 3.63) is 59.9 Å². The van der Waals surface area contributed by atoms with Gasteiger partial charge in [-0.1, -0.05) is 12.1 Å². The molecule has 1 amide bonds. The van der Waals surface area contributed by atoms with Crippen molar-refractivity contribution in [3.63, 3.8) is 0 Å². The topological polar surface area (TPSA) is 47.6 Å². The highest BCUT2D eigenvalue weighted by molar-refractivity contribution is 6.02. The molecular formula is C17H16FNO3. The fourth-order valence-electron chi connectivity index (χ4n) is 1.95. The van der Waals surface area contributed by atoms with E-state index in [9.17, 15) is 9.18 Å². The lowest BCUT2D eigenvalue weighted by Gasteiger charge is -2.09. The number of benzene rings is 2. The lowest BCUT2D eigenvalue weighted by atomic mass is 10.1. The Kier molecular flexibility index (Phi) is 5.14. The average Bonchev–Trinajstić information content (AvgIpc) is 2.52. The van der Waals surface area contributed by atoms with Crippen LogP contribution >= 0.6 is 0 Å². The molecule has 1 N–H and O–H groups in total. The standard InChI is InChI=1S/C17H16FNO3/c1-21-15-7-4-8-16(22-2)14(15)9-10-17(20)19-13-6-3-5-12(18)11-13/h3-11H,1-2H3,(H,19,20)/b10-9+. The molecule has 0 saturated heterocycles. The Balaban J connectivity index is 2.16. The molecule has 0 aliphatic carbocycles. The zero-order chi connectivity index (χ0) is 15.9. The van der Waals surface area contributed by atoms with Crippen molar-refractivity contribution in [2.75, 3.05) is 19.5 Å². The summed E-state index contributed by atoms with van der Waals surface area (Å²) in [5.41, 5.74) is 1.04. The van der Waals surface area contributed by atoms with Crippen molar-refractivity contribution in [2.45, 2.75) is 0 Å². The van der Waals surface area contributed by atoms with Crippen LogP contribution in [0.3, 0.4) is 0 Å². The Morgan fingerprint density at radius 2 is 1.73 bits per heavy atom. The van der Waals surface area contributed by atoms with Crippen molar-refractivity contribution < 1.29 is 18.7 Å². The summed E-state index contributed by atoms with van der Waals surface area (Å²) in [5.74, 6) is 0.398. The molecule has 0 bridgehead atoms. The van der Waals surface area contributed by atoms with Gasteiger partial charge in [0.15, 0.2) is 0 Å². The number of amides is 1. The summed E-state index contributed by atoms with van der Waals surface area (Å²) in [6.45, 7) is 0. The van der Waals surface area contributed by atoms with E-state index >= 15 is 0 Å². The number of ether oxygens (including phenoxy) is 2. The highest BCUT2D eigenvalue weighted by atomic mass is 19.1. The van der Waals surface area contributed by atoms with Crippen LogP contribution in [0.2, 0.25) is 0 Å². The third-order valence-corrected chi connectivity index (χ3v) is 2.96. The molecule has 4 nitrogen and oxygen atoms in total. The fraction of sp³-hybridized carbons (Fsp3) is 0.118. The first kappa shape index (κ1) is 15.6. The van der Waals surface area contributed by atoms with E-state index in [0.29, 0.717) is 22.7 Å². The molecule has 114 valence electrons. The summed E-state index contributed by atoms with van der Waals surface area (Å²) in [4.78, 5) is 11.9. The smallest absolute Gasteiger partial charge is 0.248 e. The van der Waals surface area contributed by atoms with Crippen molar-refractivity contribution in [1.29, 1.82) is 0 Å². The highest BCUT2D eigenvalue weighted by Gasteiger charge is 2.07. The van der Waals surface area contributed by atoms with Gasteiger partial charge in [0.1, 0.15) is 17.3 Å². The van der Waals surface area contributed by atoms with Gasteiger partial charge in [-0.05, 0) is 36.4 Å². The maximum atomic E-state index is 13.1. The molecule has 22 heavy (non-hydrogen) atoms. The molecule has 2 aromatic rings. The van der Waals surface area contributed by atoms with Crippen molar-refractivity contribution in [1.82, 2.24) is 0 Å². The van der Waals surface area contributed by atoms with Gasteiger partial charge in [-0.25, -0.2) is 4.39 Å². The molecule has 5 heteroatoms. The van der Waals surface area contributed by atoms with E-state index in [4.69, 9.17) is 9.47 Å². The van der Waals surface area contributed by atoms with Crippen LogP contribution in [0.4, 0.5) is 10.1 Å². The van der Waals surface area contributed by atoms with Crippen molar-refractivity contribution in [3.8, 4) is 11.5 Å². The van der Waals surface area contributed by atoms with E-state index in [1.165, 1.54) is 24.3 Å². The summed E-state index contributed by atoms with van der Waals surface area (Å²) in [6, 6.07) is 11.0. The quantitative estimate of drug-likeness (QED) is 0.860. The minimum absolute atomic E-state index is 0.376. The third kappa shape index (κ3) is 3.85. The molecular weight excluding hydrogens is 285 g/mol. The first-order valence-corrected chi connectivity index (χ1v) is 6.59. The van der Waals surface area contributed by atoms with Gasteiger partial charge in [-0.15, -0.1) is 0 Å². The predicted molar refractivity (Wildman–Crippen MR) is 83.6 cm³/mol. The van der Waals surface area contributed by atoms with Crippen LogP contribution in [0.5, 0.6) is 11.5 Å². The van der Waals surface area contributed by atoms with E-state index in [2.05, 4.69) is 5.32 Å². The molecule has 0 atom stereocenters. The molecule has 2 aromatic carbocycles. The molecule has 0 radical (unpaired) electrons. The summed E-state index contributed by atoms with van der Waals surface area (Å²) < 4.78 is 23.5. The first-order valence-electron chi connectivity index (χ1n) is 6.59. The Morgan fingerprint density at radius 3 is 2.32 bits per heavy atom. The third-order valence-electron chi connectivity index (χ3n) is 2.96. The minimum atomic E-state index is -0.409. The SMILES string of the molecule is COc1cccc(OC)c1/C=C/C(=O)Nc1cccc(F)c1. The van der Waals surface area contributed by atoms with E-state index in [1.807, 2.05) is 0 Å². The second-order valence-electron chi connectivity index (χ2n) is 4.41. The Hall–Kier alpha value is -2.82. The van der Waals surface area contributed by atoms with E-state index in [1.54, 1.807) is 44.6 Å². The molecule has 0 spiro atoms. The van der Waals surface area contributed by atoms with Crippen LogP contribution in [0.15, 0.2) is 48.5 Å². The van der Waals surface area contributed by atoms with E-state index in [0.717, 1.165) is 0 Å². The molecule has 2 rings (SSSR count). The molecule has 0 heterocycles. The van der Waals surface area contributed by atoms with Crippen molar-refractivity contribution >= 4 is 17.7 Å². The second kappa shape index (κ2) is 7.26. The van der Waals surface area contributed by atoms with Gasteiger partial charge in [-0.2, -0.15) is 0 Å². The maximum Gasteiger partial charge on any atom is 0.248 e. The van der Waals surface area contributed by atoms with E-state index in [-0.39, 0.29) is 5.91 Å². The van der Waals surface area contributed by atoms with Gasteiger partial charge in [0, 0.05) is 11.8 Å². The fourth-order valence-corrected chi connectivity index (χ4v) is 1.95. The molecule has 0 aliphatic heterocycles. The number of nitrogens with one attached hydrogen (secondary N) is 1. The number of hydrogen-bond donors (Lipinski definition) is 1. The number of hydrogen-bond acceptors (Lipinski definition) is 3. The summed E-state index contributed by atoms with van der Waals surface area (Å²) in [6.07, 6.45) is 2.93. The Morgan fingerprint density at radius 1 is 1.09 bits per heavy atom. The highest BCUT2D eigenvalue weighted by Crippen LogP contribution is 2.29. The minimum Gasteiger partial charge on any atom is -0.496 e. The molecule has 0 aliphatic rings. The van der Waals surface area contributed by atoms with Crippen molar-refractivity contribution in [2.24, 2.45) is 0 Å². The van der Waals surface area contributed by atoms with Gasteiger partial charge in [0.05, 0.1) is 19.8 Å². The summed E-state index contributed by atoms with van der Waals surface area (Å²) in [5, 5.41) is 2.58. The Bertz CT molecular complexity index is 676. The first-order chi connectivity index (χ1) is 10.6. The monoisotopic (exact) mass is 301 g/mol. The number of carbonyl (C=O) groups excluding carboxylic acids is 1. The zero-order valence-electron chi connectivity index (χ0n) is 12.3. The lowest BCUT2D eigenvalue weighted by molar-refractivity contribution is -0.111. The van der Waals surface area contributed by atoms with Crippen LogP contribution in [-0.4, -0.2) is 20.1 Å². The van der Waals surface area contributed by atoms with Gasteiger partial charge in [-0.3, -0.25) is 4.79 Å². The number of methoxy groups -OCH3 is 2. The zero-order valence-corrected chi connectivity index (χ0v) is 12.3. The summed E-state index contributed by atoms with van der Waals surface area (Å²) >= 11 is 0. The van der Waals surface area contributed by atoms with Gasteiger partial charge in [0.25, 0.3) is 0 Å². The molecule has 0 aromatic heterocycles. The van der Waals surface area contributed by atoms with Crippen LogP contribution in [0.1, 0.15) is 5.56 Å². The Labute approximate surface area is 128 Å². The number of anilines is 1. The predicted octanol–water partition coefficient (Wildman–Crippen LogP) is 3.49. The van der Waals surface area contributed by atoms with Crippen LogP contribution in [-0.2, 0) is 4.79 Å². The van der Waals surface area contributed by atoms with E-state index < -0.39 is 5.82 Å². The van der Waals surface area contributed by atoms with Crippen LogP contribution in [0.25, 0.3) is 6.08 Å². The maximum absolute atomic E-state index is 13.1. The largest absolute Gasteiger partial charge is 0.496 e. The van der Waals surface area contributed by atoms with Gasteiger partial charge < -0.3 is 14.8 Å². The normalized spacial score (nSPS) is 10.5. The van der Waals surface area contributed by atoms with Crippen LogP contribution in [0, 0.1) is 5.82 Å². The van der Waals surface area contributed by atoms with Gasteiger partial charge >= 0.3 is 0 Å². The molecule has 0 saturated carbocycles. The lowest BCUT2D eigenvalue weighted by Crippen LogP contribution is -2.07. The number of rotatable bonds is 5. The molecule has 0 unspecified atom stereocenters. The average molecular weight is 301 g/mol. The number of carbonyl (C=O) groups is 1. The van der Waals surface area contributed by atoms with Gasteiger partial charge in [0.2, 0.25) is 5.91 Å². The molecule has 0 fully saturated rings. The van der Waals surface area contributed by atoms with Crippen LogP contribution < -0.4 is 14.8 Å².